The lowest BCUT2D eigenvalue weighted by Crippen LogP contribution is -2.25. The minimum absolute atomic E-state index is 0.0153. The van der Waals surface area contributed by atoms with Crippen LogP contribution in [0.2, 0.25) is 0 Å². The zero-order valence-corrected chi connectivity index (χ0v) is 18.9. The number of rotatable bonds is 7. The van der Waals surface area contributed by atoms with E-state index in [1.807, 2.05) is 19.1 Å². The molecule has 0 radical (unpaired) electrons. The van der Waals surface area contributed by atoms with Crippen molar-refractivity contribution in [1.82, 2.24) is 9.78 Å². The predicted octanol–water partition coefficient (Wildman–Crippen LogP) is 3.97. The van der Waals surface area contributed by atoms with E-state index in [1.165, 1.54) is 29.3 Å². The van der Waals surface area contributed by atoms with E-state index in [0.717, 1.165) is 41.8 Å². The van der Waals surface area contributed by atoms with Crippen LogP contribution < -0.4 is 10.1 Å². The zero-order valence-electron chi connectivity index (χ0n) is 18.9. The fourth-order valence-electron chi connectivity index (χ4n) is 4.01. The first kappa shape index (κ1) is 23.2. The number of hydrogen-bond acceptors (Lipinski definition) is 6. The summed E-state index contributed by atoms with van der Waals surface area (Å²) in [5.41, 5.74) is 3.45. The number of aromatic nitrogens is 2. The Labute approximate surface area is 195 Å². The van der Waals surface area contributed by atoms with Gasteiger partial charge < -0.3 is 14.8 Å². The van der Waals surface area contributed by atoms with Gasteiger partial charge in [-0.1, -0.05) is 12.1 Å². The maximum absolute atomic E-state index is 13.6. The van der Waals surface area contributed by atoms with Crippen LogP contribution >= 0.6 is 0 Å². The number of benzene rings is 2. The highest BCUT2D eigenvalue weighted by atomic mass is 19.1. The van der Waals surface area contributed by atoms with Crippen molar-refractivity contribution in [2.75, 3.05) is 18.5 Å². The van der Waals surface area contributed by atoms with E-state index in [2.05, 4.69) is 10.4 Å². The summed E-state index contributed by atoms with van der Waals surface area (Å²) in [5, 5.41) is 6.47. The van der Waals surface area contributed by atoms with Gasteiger partial charge in [-0.25, -0.2) is 9.18 Å². The number of nitrogens with one attached hydrogen (secondary N) is 1. The number of nitrogens with zero attached hydrogens (tertiary/aromatic N) is 2. The van der Waals surface area contributed by atoms with Gasteiger partial charge in [-0.2, -0.15) is 9.78 Å². The molecule has 34 heavy (non-hydrogen) atoms. The standard InChI is InChI=1S/C25H24FN3O5/c1-3-33-25(32)20-13-27-29(23(20)28-24(31)16-6-4-7-17(26)12-16)22(30)14-34-21-11-10-15(2)18-8-5-9-19(18)21/h4,6-7,10-13H,3,5,8-9,14H2,1-2H3,(H,28,31). The largest absolute Gasteiger partial charge is 0.483 e. The third-order valence-corrected chi connectivity index (χ3v) is 5.65. The molecule has 1 N–H and O–H groups in total. The Balaban J connectivity index is 1.58. The average Bonchev–Trinajstić information content (AvgIpc) is 3.47. The average molecular weight is 465 g/mol. The SMILES string of the molecule is CCOC(=O)c1cnn(C(=O)COc2ccc(C)c3c2CCC3)c1NC(=O)c1cccc(F)c1. The predicted molar refractivity (Wildman–Crippen MR) is 122 cm³/mol. The summed E-state index contributed by atoms with van der Waals surface area (Å²) >= 11 is 0. The smallest absolute Gasteiger partial charge is 0.343 e. The molecule has 1 aliphatic carbocycles. The lowest BCUT2D eigenvalue weighted by molar-refractivity contribution is 0.0527. The number of halogens is 1. The van der Waals surface area contributed by atoms with Crippen LogP contribution in [0.1, 0.15) is 55.5 Å². The van der Waals surface area contributed by atoms with E-state index in [0.29, 0.717) is 5.75 Å². The third-order valence-electron chi connectivity index (χ3n) is 5.65. The van der Waals surface area contributed by atoms with Crippen molar-refractivity contribution in [3.05, 3.63) is 76.2 Å². The minimum atomic E-state index is -0.756. The first-order chi connectivity index (χ1) is 16.4. The molecule has 3 aromatic rings. The first-order valence-corrected chi connectivity index (χ1v) is 11.0. The normalized spacial score (nSPS) is 12.2. The summed E-state index contributed by atoms with van der Waals surface area (Å²) in [7, 11) is 0. The number of fused-ring (bicyclic) bond motifs is 1. The molecule has 9 heteroatoms. The molecule has 1 aliphatic rings. The van der Waals surface area contributed by atoms with Crippen molar-refractivity contribution in [3.63, 3.8) is 0 Å². The third kappa shape index (κ3) is 4.68. The van der Waals surface area contributed by atoms with E-state index >= 15 is 0 Å². The van der Waals surface area contributed by atoms with Gasteiger partial charge in [0.2, 0.25) is 0 Å². The second-order valence-electron chi connectivity index (χ2n) is 7.88. The van der Waals surface area contributed by atoms with Crippen LogP contribution in [0.15, 0.2) is 42.6 Å². The Morgan fingerprint density at radius 1 is 1.15 bits per heavy atom. The molecule has 1 aromatic heterocycles. The molecule has 1 amide bonds. The van der Waals surface area contributed by atoms with Gasteiger partial charge in [0.15, 0.2) is 12.4 Å². The van der Waals surface area contributed by atoms with Crippen LogP contribution in [0.5, 0.6) is 5.75 Å². The number of ether oxygens (including phenoxy) is 2. The molecular weight excluding hydrogens is 441 g/mol. The minimum Gasteiger partial charge on any atom is -0.483 e. The number of aryl methyl sites for hydroxylation is 1. The number of carbonyl (C=O) groups excluding carboxylic acids is 3. The molecule has 0 aliphatic heterocycles. The van der Waals surface area contributed by atoms with Crippen LogP contribution in [-0.4, -0.2) is 40.8 Å². The number of esters is 1. The quantitative estimate of drug-likeness (QED) is 0.530. The van der Waals surface area contributed by atoms with Gasteiger partial charge in [0.05, 0.1) is 12.8 Å². The molecule has 1 heterocycles. The van der Waals surface area contributed by atoms with E-state index in [1.54, 1.807) is 6.92 Å². The maximum Gasteiger partial charge on any atom is 0.343 e. The highest BCUT2D eigenvalue weighted by Crippen LogP contribution is 2.33. The maximum atomic E-state index is 13.6. The second kappa shape index (κ2) is 9.86. The van der Waals surface area contributed by atoms with Crippen molar-refractivity contribution < 1.29 is 28.2 Å². The fourth-order valence-corrected chi connectivity index (χ4v) is 4.01. The van der Waals surface area contributed by atoms with Crippen LogP contribution in [0.25, 0.3) is 0 Å². The van der Waals surface area contributed by atoms with Crippen molar-refractivity contribution >= 4 is 23.6 Å². The van der Waals surface area contributed by atoms with Crippen molar-refractivity contribution in [2.45, 2.75) is 33.1 Å². The fraction of sp³-hybridized carbons (Fsp3) is 0.280. The van der Waals surface area contributed by atoms with Crippen molar-refractivity contribution in [1.29, 1.82) is 0 Å². The molecule has 0 unspecified atom stereocenters. The molecule has 2 aromatic carbocycles. The van der Waals surface area contributed by atoms with Crippen molar-refractivity contribution in [2.24, 2.45) is 0 Å². The van der Waals surface area contributed by atoms with Gasteiger partial charge in [-0.3, -0.25) is 9.59 Å². The topological polar surface area (TPSA) is 99.5 Å². The second-order valence-corrected chi connectivity index (χ2v) is 7.88. The van der Waals surface area contributed by atoms with Gasteiger partial charge >= 0.3 is 5.97 Å². The Bertz CT molecular complexity index is 1270. The first-order valence-electron chi connectivity index (χ1n) is 11.0. The number of amides is 1. The summed E-state index contributed by atoms with van der Waals surface area (Å²) in [5.74, 6) is -2.20. The van der Waals surface area contributed by atoms with Gasteiger partial charge in [0, 0.05) is 5.56 Å². The van der Waals surface area contributed by atoms with Crippen LogP contribution in [-0.2, 0) is 17.6 Å². The molecule has 0 saturated carbocycles. The lowest BCUT2D eigenvalue weighted by Gasteiger charge is -2.13. The van der Waals surface area contributed by atoms with Crippen LogP contribution in [0.3, 0.4) is 0 Å². The Kier molecular flexibility index (Phi) is 6.72. The van der Waals surface area contributed by atoms with Crippen LogP contribution in [0, 0.1) is 12.7 Å². The van der Waals surface area contributed by atoms with Crippen molar-refractivity contribution in [3.8, 4) is 5.75 Å². The van der Waals surface area contributed by atoms with E-state index in [4.69, 9.17) is 9.47 Å². The molecule has 176 valence electrons. The highest BCUT2D eigenvalue weighted by molar-refractivity contribution is 6.08. The lowest BCUT2D eigenvalue weighted by atomic mass is 10.0. The monoisotopic (exact) mass is 465 g/mol. The Hall–Kier alpha value is -4.01. The van der Waals surface area contributed by atoms with E-state index in [-0.39, 0.29) is 30.2 Å². The van der Waals surface area contributed by atoms with E-state index in [9.17, 15) is 18.8 Å². The number of anilines is 1. The summed E-state index contributed by atoms with van der Waals surface area (Å²) in [4.78, 5) is 38.1. The molecule has 8 nitrogen and oxygen atoms in total. The molecule has 0 saturated heterocycles. The molecule has 0 bridgehead atoms. The molecule has 0 fully saturated rings. The van der Waals surface area contributed by atoms with Gasteiger partial charge in [0.25, 0.3) is 11.8 Å². The summed E-state index contributed by atoms with van der Waals surface area (Å²) < 4.78 is 25.3. The summed E-state index contributed by atoms with van der Waals surface area (Å²) in [6.07, 6.45) is 4.03. The van der Waals surface area contributed by atoms with E-state index < -0.39 is 23.6 Å². The Morgan fingerprint density at radius 3 is 2.71 bits per heavy atom. The zero-order chi connectivity index (χ0) is 24.2. The van der Waals surface area contributed by atoms with Gasteiger partial charge in [-0.05, 0) is 74.1 Å². The number of hydrogen-bond donors (Lipinski definition) is 1. The molecular formula is C25H24FN3O5. The molecule has 4 rings (SSSR count). The summed E-state index contributed by atoms with van der Waals surface area (Å²) in [6.45, 7) is 3.42. The van der Waals surface area contributed by atoms with Gasteiger partial charge in [0.1, 0.15) is 17.1 Å². The molecule has 0 atom stereocenters. The molecule has 0 spiro atoms. The van der Waals surface area contributed by atoms with Gasteiger partial charge in [-0.15, -0.1) is 0 Å². The van der Waals surface area contributed by atoms with Crippen LogP contribution in [0.4, 0.5) is 10.2 Å². The highest BCUT2D eigenvalue weighted by Gasteiger charge is 2.25. The Morgan fingerprint density at radius 2 is 1.94 bits per heavy atom. The number of carbonyl (C=O) groups is 3. The summed E-state index contributed by atoms with van der Waals surface area (Å²) in [6, 6.07) is 8.84.